The van der Waals surface area contributed by atoms with E-state index in [0.29, 0.717) is 17.3 Å². The quantitative estimate of drug-likeness (QED) is 0.849. The Hall–Kier alpha value is -1.44. The van der Waals surface area contributed by atoms with Gasteiger partial charge >= 0.3 is 0 Å². The maximum atomic E-state index is 13.1. The lowest BCUT2D eigenvalue weighted by atomic mass is 10.1. The van der Waals surface area contributed by atoms with Gasteiger partial charge in [0.25, 0.3) is 0 Å². The second-order valence-corrected chi connectivity index (χ2v) is 8.00. The van der Waals surface area contributed by atoms with E-state index in [0.717, 1.165) is 25.7 Å². The van der Waals surface area contributed by atoms with Crippen LogP contribution in [0.5, 0.6) is 0 Å². The SMILES string of the molecule is Cn1cc(Cl)c([C@@H]2CCCCCN2S(=O)(=O)c2cccnc2)n1. The summed E-state index contributed by atoms with van der Waals surface area (Å²) in [6, 6.07) is 2.87. The van der Waals surface area contributed by atoms with Crippen molar-refractivity contribution in [3.8, 4) is 0 Å². The summed E-state index contributed by atoms with van der Waals surface area (Å²) in [5, 5.41) is 4.90. The third kappa shape index (κ3) is 3.27. The number of halogens is 1. The van der Waals surface area contributed by atoms with E-state index in [1.54, 1.807) is 36.3 Å². The van der Waals surface area contributed by atoms with Crippen LogP contribution in [0.3, 0.4) is 0 Å². The van der Waals surface area contributed by atoms with Crippen LogP contribution in [0.2, 0.25) is 5.02 Å². The molecule has 3 rings (SSSR count). The van der Waals surface area contributed by atoms with Gasteiger partial charge < -0.3 is 0 Å². The molecule has 1 atom stereocenters. The standard InChI is InChI=1S/C15H19ClN4O2S/c1-19-11-13(16)15(18-19)14-7-3-2-4-9-20(14)23(21,22)12-6-5-8-17-10-12/h5-6,8,10-11,14H,2-4,7,9H2,1H3/t14-/m0/s1. The zero-order valence-electron chi connectivity index (χ0n) is 12.9. The van der Waals surface area contributed by atoms with E-state index < -0.39 is 10.0 Å². The Labute approximate surface area is 141 Å². The smallest absolute Gasteiger partial charge is 0.245 e. The van der Waals surface area contributed by atoms with Gasteiger partial charge in [-0.1, -0.05) is 24.4 Å². The molecule has 0 bridgehead atoms. The Balaban J connectivity index is 2.04. The molecule has 0 saturated carbocycles. The summed E-state index contributed by atoms with van der Waals surface area (Å²) < 4.78 is 29.3. The zero-order chi connectivity index (χ0) is 16.4. The Bertz CT molecular complexity index is 776. The van der Waals surface area contributed by atoms with Gasteiger partial charge in [0, 0.05) is 32.2 Å². The lowest BCUT2D eigenvalue weighted by molar-refractivity contribution is 0.321. The molecule has 0 N–H and O–H groups in total. The van der Waals surface area contributed by atoms with Gasteiger partial charge in [0.05, 0.1) is 16.8 Å². The van der Waals surface area contributed by atoms with E-state index in [9.17, 15) is 8.42 Å². The van der Waals surface area contributed by atoms with E-state index in [-0.39, 0.29) is 10.9 Å². The topological polar surface area (TPSA) is 68.1 Å². The first-order chi connectivity index (χ1) is 11.0. The minimum atomic E-state index is -3.63. The minimum Gasteiger partial charge on any atom is -0.274 e. The van der Waals surface area contributed by atoms with Gasteiger partial charge in [-0.3, -0.25) is 9.67 Å². The fraction of sp³-hybridized carbons (Fsp3) is 0.467. The predicted octanol–water partition coefficient (Wildman–Crippen LogP) is 2.77. The van der Waals surface area contributed by atoms with Crippen LogP contribution in [-0.4, -0.2) is 34.0 Å². The number of aromatic nitrogens is 3. The summed E-state index contributed by atoms with van der Waals surface area (Å²) in [6.07, 6.45) is 8.16. The van der Waals surface area contributed by atoms with Gasteiger partial charge in [-0.25, -0.2) is 8.42 Å². The lowest BCUT2D eigenvalue weighted by Gasteiger charge is -2.28. The summed E-state index contributed by atoms with van der Waals surface area (Å²) in [5.41, 5.74) is 0.628. The molecule has 3 heterocycles. The first-order valence-electron chi connectivity index (χ1n) is 7.61. The molecule has 0 spiro atoms. The molecule has 2 aromatic heterocycles. The Morgan fingerprint density at radius 1 is 1.30 bits per heavy atom. The molecule has 1 aliphatic heterocycles. The molecule has 1 aliphatic rings. The highest BCUT2D eigenvalue weighted by atomic mass is 35.5. The third-order valence-electron chi connectivity index (χ3n) is 4.07. The number of aryl methyl sites for hydroxylation is 1. The van der Waals surface area contributed by atoms with Crippen molar-refractivity contribution in [1.82, 2.24) is 19.1 Å². The van der Waals surface area contributed by atoms with Crippen LogP contribution in [0.15, 0.2) is 35.6 Å². The van der Waals surface area contributed by atoms with E-state index in [1.807, 2.05) is 0 Å². The van der Waals surface area contributed by atoms with Crippen molar-refractivity contribution in [3.05, 3.63) is 41.4 Å². The van der Waals surface area contributed by atoms with E-state index in [4.69, 9.17) is 11.6 Å². The summed E-state index contributed by atoms with van der Waals surface area (Å²) >= 11 is 6.28. The average molecular weight is 355 g/mol. The molecule has 0 unspecified atom stereocenters. The molecule has 1 saturated heterocycles. The maximum Gasteiger partial charge on any atom is 0.245 e. The normalized spacial score (nSPS) is 20.3. The van der Waals surface area contributed by atoms with Crippen LogP contribution in [0.25, 0.3) is 0 Å². The molecular formula is C15H19ClN4O2S. The fourth-order valence-corrected chi connectivity index (χ4v) is 4.91. The minimum absolute atomic E-state index is 0.207. The number of sulfonamides is 1. The van der Waals surface area contributed by atoms with Gasteiger partial charge in [0.2, 0.25) is 10.0 Å². The molecule has 2 aromatic rings. The van der Waals surface area contributed by atoms with Crippen LogP contribution in [0, 0.1) is 0 Å². The van der Waals surface area contributed by atoms with Crippen molar-refractivity contribution in [2.45, 2.75) is 36.6 Å². The first-order valence-corrected chi connectivity index (χ1v) is 9.43. The third-order valence-corrected chi connectivity index (χ3v) is 6.25. The highest BCUT2D eigenvalue weighted by Gasteiger charge is 2.35. The van der Waals surface area contributed by atoms with Crippen LogP contribution in [-0.2, 0) is 17.1 Å². The summed E-state index contributed by atoms with van der Waals surface area (Å²) in [7, 11) is -1.84. The molecule has 0 aliphatic carbocycles. The van der Waals surface area contributed by atoms with Crippen molar-refractivity contribution >= 4 is 21.6 Å². The molecule has 6 nitrogen and oxygen atoms in total. The van der Waals surface area contributed by atoms with Crippen molar-refractivity contribution in [2.24, 2.45) is 7.05 Å². The molecule has 0 amide bonds. The van der Waals surface area contributed by atoms with Crippen molar-refractivity contribution in [2.75, 3.05) is 6.54 Å². The van der Waals surface area contributed by atoms with E-state index in [1.165, 1.54) is 10.5 Å². The molecular weight excluding hydrogens is 336 g/mol. The summed E-state index contributed by atoms with van der Waals surface area (Å²) in [5.74, 6) is 0. The molecule has 0 radical (unpaired) electrons. The number of hydrogen-bond acceptors (Lipinski definition) is 4. The van der Waals surface area contributed by atoms with Gasteiger partial charge in [-0.2, -0.15) is 9.40 Å². The van der Waals surface area contributed by atoms with Crippen LogP contribution in [0.1, 0.15) is 37.4 Å². The Kier molecular flexibility index (Phi) is 4.70. The predicted molar refractivity (Wildman–Crippen MR) is 87.6 cm³/mol. The number of hydrogen-bond donors (Lipinski definition) is 0. The summed E-state index contributed by atoms with van der Waals surface area (Å²) in [4.78, 5) is 4.14. The molecule has 23 heavy (non-hydrogen) atoms. The van der Waals surface area contributed by atoms with Gasteiger partial charge in [-0.05, 0) is 25.0 Å². The molecule has 0 aromatic carbocycles. The molecule has 124 valence electrons. The number of rotatable bonds is 3. The monoisotopic (exact) mass is 354 g/mol. The summed E-state index contributed by atoms with van der Waals surface area (Å²) in [6.45, 7) is 0.467. The molecule has 1 fully saturated rings. The van der Waals surface area contributed by atoms with E-state index in [2.05, 4.69) is 10.1 Å². The van der Waals surface area contributed by atoms with Gasteiger partial charge in [0.15, 0.2) is 0 Å². The van der Waals surface area contributed by atoms with Crippen LogP contribution < -0.4 is 0 Å². The zero-order valence-corrected chi connectivity index (χ0v) is 14.5. The Morgan fingerprint density at radius 3 is 2.78 bits per heavy atom. The Morgan fingerprint density at radius 2 is 2.13 bits per heavy atom. The van der Waals surface area contributed by atoms with Crippen LogP contribution in [0.4, 0.5) is 0 Å². The largest absolute Gasteiger partial charge is 0.274 e. The first kappa shape index (κ1) is 16.4. The molecule has 8 heteroatoms. The average Bonchev–Trinajstić information content (AvgIpc) is 2.75. The van der Waals surface area contributed by atoms with Crippen molar-refractivity contribution < 1.29 is 8.42 Å². The second kappa shape index (κ2) is 6.59. The number of pyridine rings is 1. The maximum absolute atomic E-state index is 13.1. The number of nitrogens with zero attached hydrogens (tertiary/aromatic N) is 4. The second-order valence-electron chi connectivity index (χ2n) is 5.71. The van der Waals surface area contributed by atoms with Crippen molar-refractivity contribution in [3.63, 3.8) is 0 Å². The van der Waals surface area contributed by atoms with Crippen molar-refractivity contribution in [1.29, 1.82) is 0 Å². The van der Waals surface area contributed by atoms with Crippen LogP contribution >= 0.6 is 11.6 Å². The fourth-order valence-electron chi connectivity index (χ4n) is 2.98. The lowest BCUT2D eigenvalue weighted by Crippen LogP contribution is -2.35. The van der Waals surface area contributed by atoms with Gasteiger partial charge in [0.1, 0.15) is 4.90 Å². The van der Waals surface area contributed by atoms with E-state index >= 15 is 0 Å². The van der Waals surface area contributed by atoms with Gasteiger partial charge in [-0.15, -0.1) is 0 Å². The highest BCUT2D eigenvalue weighted by Crippen LogP contribution is 2.36. The highest BCUT2D eigenvalue weighted by molar-refractivity contribution is 7.89.